The maximum Gasteiger partial charge on any atom is 0.0192 e. The topological polar surface area (TPSA) is 15.3 Å². The minimum atomic E-state index is 0.723. The van der Waals surface area contributed by atoms with Gasteiger partial charge in [-0.05, 0) is 64.1 Å². The molecule has 0 radical (unpaired) electrons. The lowest BCUT2D eigenvalue weighted by atomic mass is 9.77. The maximum absolute atomic E-state index is 3.60. The lowest BCUT2D eigenvalue weighted by Gasteiger charge is -2.42. The average Bonchev–Trinajstić information content (AvgIpc) is 2.84. The number of unbranched alkanes of at least 4 members (excludes halogenated alkanes) is 1. The second kappa shape index (κ2) is 6.91. The Morgan fingerprint density at radius 2 is 1.78 bits per heavy atom. The van der Waals surface area contributed by atoms with Gasteiger partial charge in [0.15, 0.2) is 0 Å². The van der Waals surface area contributed by atoms with Gasteiger partial charge in [0.2, 0.25) is 0 Å². The number of nitrogens with zero attached hydrogens (tertiary/aromatic N) is 1. The molecule has 1 atom stereocenters. The maximum atomic E-state index is 3.60. The van der Waals surface area contributed by atoms with Crippen molar-refractivity contribution in [2.75, 3.05) is 26.2 Å². The van der Waals surface area contributed by atoms with Gasteiger partial charge in [-0.3, -0.25) is 4.90 Å². The van der Waals surface area contributed by atoms with Crippen LogP contribution in [0.15, 0.2) is 0 Å². The zero-order chi connectivity index (χ0) is 12.8. The van der Waals surface area contributed by atoms with Crippen LogP contribution in [0.25, 0.3) is 0 Å². The molecule has 1 unspecified atom stereocenters. The quantitative estimate of drug-likeness (QED) is 0.729. The van der Waals surface area contributed by atoms with E-state index < -0.39 is 0 Å². The normalized spacial score (nSPS) is 25.7. The van der Waals surface area contributed by atoms with Crippen molar-refractivity contribution in [1.29, 1.82) is 0 Å². The van der Waals surface area contributed by atoms with Crippen molar-refractivity contribution in [3.8, 4) is 0 Å². The van der Waals surface area contributed by atoms with E-state index in [4.69, 9.17) is 0 Å². The van der Waals surface area contributed by atoms with Crippen LogP contribution in [0.5, 0.6) is 0 Å². The van der Waals surface area contributed by atoms with Gasteiger partial charge in [0, 0.05) is 12.6 Å². The Labute approximate surface area is 114 Å². The number of piperidine rings is 1. The smallest absolute Gasteiger partial charge is 0.0192 e. The third-order valence-electron chi connectivity index (χ3n) is 5.29. The Balaban J connectivity index is 1.65. The van der Waals surface area contributed by atoms with Crippen LogP contribution in [0.2, 0.25) is 0 Å². The predicted molar refractivity (Wildman–Crippen MR) is 78.9 cm³/mol. The largest absolute Gasteiger partial charge is 0.315 e. The molecule has 0 amide bonds. The van der Waals surface area contributed by atoms with Crippen molar-refractivity contribution in [3.63, 3.8) is 0 Å². The number of hydrogen-bond donors (Lipinski definition) is 1. The molecular formula is C16H32N2. The summed E-state index contributed by atoms with van der Waals surface area (Å²) in [6.07, 6.45) is 11.6. The zero-order valence-corrected chi connectivity index (χ0v) is 12.5. The van der Waals surface area contributed by atoms with Crippen LogP contribution in [0.1, 0.15) is 65.2 Å². The van der Waals surface area contributed by atoms with Crippen LogP contribution >= 0.6 is 0 Å². The van der Waals surface area contributed by atoms with Gasteiger partial charge in [-0.15, -0.1) is 0 Å². The van der Waals surface area contributed by atoms with Crippen molar-refractivity contribution < 1.29 is 0 Å². The molecular weight excluding hydrogens is 220 g/mol. The summed E-state index contributed by atoms with van der Waals surface area (Å²) in [5.41, 5.74) is 0.770. The Bertz CT molecular complexity index is 223. The first-order valence-electron chi connectivity index (χ1n) is 8.20. The van der Waals surface area contributed by atoms with E-state index >= 15 is 0 Å². The molecule has 2 aliphatic rings. The Morgan fingerprint density at radius 3 is 2.39 bits per heavy atom. The summed E-state index contributed by atoms with van der Waals surface area (Å²) in [5.74, 6) is 0. The van der Waals surface area contributed by atoms with Gasteiger partial charge < -0.3 is 5.32 Å². The summed E-state index contributed by atoms with van der Waals surface area (Å²) < 4.78 is 0. The van der Waals surface area contributed by atoms with Crippen molar-refractivity contribution >= 4 is 0 Å². The molecule has 2 nitrogen and oxygen atoms in total. The molecule has 0 aromatic carbocycles. The summed E-state index contributed by atoms with van der Waals surface area (Å²) in [4.78, 5) is 2.71. The second-order valence-corrected chi connectivity index (χ2v) is 6.65. The van der Waals surface area contributed by atoms with Crippen molar-refractivity contribution in [2.45, 2.75) is 71.3 Å². The molecule has 2 rings (SSSR count). The predicted octanol–water partition coefficient (Wildman–Crippen LogP) is 3.42. The van der Waals surface area contributed by atoms with E-state index in [1.54, 1.807) is 0 Å². The van der Waals surface area contributed by atoms with E-state index in [0.29, 0.717) is 0 Å². The first-order valence-corrected chi connectivity index (χ1v) is 8.20. The molecule has 1 aliphatic carbocycles. The minimum absolute atomic E-state index is 0.723. The van der Waals surface area contributed by atoms with Gasteiger partial charge in [0.05, 0.1) is 0 Å². The number of likely N-dealkylation sites (tertiary alicyclic amines) is 1. The minimum Gasteiger partial charge on any atom is -0.315 e. The van der Waals surface area contributed by atoms with E-state index in [1.807, 2.05) is 0 Å². The van der Waals surface area contributed by atoms with E-state index in [1.165, 1.54) is 77.5 Å². The standard InChI is InChI=1S/C16H32N2/c1-3-4-11-17-14-15(2)18-12-9-16(10-13-18)7-5-6-8-16/h15,17H,3-14H2,1-2H3. The summed E-state index contributed by atoms with van der Waals surface area (Å²) >= 11 is 0. The number of hydrogen-bond acceptors (Lipinski definition) is 2. The molecule has 2 fully saturated rings. The fraction of sp³-hybridized carbons (Fsp3) is 1.00. The third kappa shape index (κ3) is 3.71. The lowest BCUT2D eigenvalue weighted by molar-refractivity contribution is 0.0812. The summed E-state index contributed by atoms with van der Waals surface area (Å²) in [5, 5.41) is 3.60. The molecule has 1 aliphatic heterocycles. The highest BCUT2D eigenvalue weighted by Gasteiger charge is 2.37. The van der Waals surface area contributed by atoms with Crippen LogP contribution in [0.3, 0.4) is 0 Å². The van der Waals surface area contributed by atoms with Gasteiger partial charge >= 0.3 is 0 Å². The zero-order valence-electron chi connectivity index (χ0n) is 12.5. The third-order valence-corrected chi connectivity index (χ3v) is 5.29. The van der Waals surface area contributed by atoms with Crippen LogP contribution in [0, 0.1) is 5.41 Å². The molecule has 18 heavy (non-hydrogen) atoms. The highest BCUT2D eigenvalue weighted by molar-refractivity contribution is 4.90. The summed E-state index contributed by atoms with van der Waals surface area (Å²) in [6.45, 7) is 9.71. The molecule has 0 bridgehead atoms. The average molecular weight is 252 g/mol. The fourth-order valence-electron chi connectivity index (χ4n) is 3.81. The summed E-state index contributed by atoms with van der Waals surface area (Å²) in [7, 11) is 0. The first-order chi connectivity index (χ1) is 8.76. The van der Waals surface area contributed by atoms with Crippen LogP contribution < -0.4 is 5.32 Å². The molecule has 0 aromatic heterocycles. The van der Waals surface area contributed by atoms with Crippen LogP contribution in [0.4, 0.5) is 0 Å². The van der Waals surface area contributed by atoms with E-state index in [9.17, 15) is 0 Å². The van der Waals surface area contributed by atoms with Gasteiger partial charge in [-0.25, -0.2) is 0 Å². The van der Waals surface area contributed by atoms with Crippen molar-refractivity contribution in [1.82, 2.24) is 10.2 Å². The fourth-order valence-corrected chi connectivity index (χ4v) is 3.81. The SMILES string of the molecule is CCCCNCC(C)N1CCC2(CCCC2)CC1. The molecule has 1 saturated heterocycles. The highest BCUT2D eigenvalue weighted by atomic mass is 15.2. The van der Waals surface area contributed by atoms with E-state index in [2.05, 4.69) is 24.1 Å². The van der Waals surface area contributed by atoms with Gasteiger partial charge in [-0.1, -0.05) is 26.2 Å². The van der Waals surface area contributed by atoms with Gasteiger partial charge in [-0.2, -0.15) is 0 Å². The van der Waals surface area contributed by atoms with Gasteiger partial charge in [0.25, 0.3) is 0 Å². The van der Waals surface area contributed by atoms with Crippen LogP contribution in [-0.2, 0) is 0 Å². The Morgan fingerprint density at radius 1 is 1.11 bits per heavy atom. The first kappa shape index (κ1) is 14.3. The highest BCUT2D eigenvalue weighted by Crippen LogP contribution is 2.46. The van der Waals surface area contributed by atoms with Crippen molar-refractivity contribution in [3.05, 3.63) is 0 Å². The summed E-state index contributed by atoms with van der Waals surface area (Å²) in [6, 6.07) is 0.723. The second-order valence-electron chi connectivity index (χ2n) is 6.65. The van der Waals surface area contributed by atoms with Crippen molar-refractivity contribution in [2.24, 2.45) is 5.41 Å². The lowest BCUT2D eigenvalue weighted by Crippen LogP contribution is -2.47. The molecule has 1 N–H and O–H groups in total. The molecule has 106 valence electrons. The number of nitrogens with one attached hydrogen (secondary N) is 1. The van der Waals surface area contributed by atoms with E-state index in [0.717, 1.165) is 11.5 Å². The molecule has 1 saturated carbocycles. The Kier molecular flexibility index (Phi) is 5.50. The molecule has 1 heterocycles. The Hall–Kier alpha value is -0.0800. The monoisotopic (exact) mass is 252 g/mol. The molecule has 2 heteroatoms. The molecule has 1 spiro atoms. The van der Waals surface area contributed by atoms with E-state index in [-0.39, 0.29) is 0 Å². The number of rotatable bonds is 6. The molecule has 0 aromatic rings. The van der Waals surface area contributed by atoms with Gasteiger partial charge in [0.1, 0.15) is 0 Å². The van der Waals surface area contributed by atoms with Crippen LogP contribution in [-0.4, -0.2) is 37.1 Å².